The fourth-order valence-corrected chi connectivity index (χ4v) is 2.71. The minimum absolute atomic E-state index is 0.0106. The molecule has 0 spiro atoms. The lowest BCUT2D eigenvalue weighted by atomic mass is 10.2. The summed E-state index contributed by atoms with van der Waals surface area (Å²) in [6.45, 7) is 0. The van der Waals surface area contributed by atoms with Crippen LogP contribution < -0.4 is 5.56 Å². The van der Waals surface area contributed by atoms with E-state index in [1.807, 2.05) is 18.2 Å². The van der Waals surface area contributed by atoms with Gasteiger partial charge >= 0.3 is 0 Å². The van der Waals surface area contributed by atoms with E-state index in [9.17, 15) is 14.9 Å². The van der Waals surface area contributed by atoms with Crippen molar-refractivity contribution in [1.29, 1.82) is 0 Å². The van der Waals surface area contributed by atoms with Crippen LogP contribution in [0.3, 0.4) is 0 Å². The fourth-order valence-electron chi connectivity index (χ4n) is 2.71. The molecule has 8 heteroatoms. The highest BCUT2D eigenvalue weighted by Gasteiger charge is 2.09. The molecule has 3 aromatic heterocycles. The largest absolute Gasteiger partial charge is 0.273 e. The van der Waals surface area contributed by atoms with Gasteiger partial charge in [-0.05, 0) is 29.8 Å². The van der Waals surface area contributed by atoms with E-state index in [0.717, 1.165) is 5.56 Å². The number of benzene rings is 1. The summed E-state index contributed by atoms with van der Waals surface area (Å²) in [7, 11) is 0. The molecule has 0 radical (unpaired) electrons. The standard InChI is InChI=1S/C19H13N5O3/c25-19-12-15(4-3-14-2-1-10-20-13-14)21-18-9-11-22(23(18)19)16-5-7-17(8-6-16)24(26)27/h1-13H/b4-3+. The number of hydrogen-bond acceptors (Lipinski definition) is 5. The summed E-state index contributed by atoms with van der Waals surface area (Å²) >= 11 is 0. The molecule has 27 heavy (non-hydrogen) atoms. The Hall–Kier alpha value is -4.07. The lowest BCUT2D eigenvalue weighted by Gasteiger charge is -2.06. The Morgan fingerprint density at radius 1 is 1.07 bits per heavy atom. The third kappa shape index (κ3) is 3.23. The van der Waals surface area contributed by atoms with Crippen molar-refractivity contribution in [2.45, 2.75) is 0 Å². The van der Waals surface area contributed by atoms with Gasteiger partial charge in [0, 0.05) is 42.9 Å². The quantitative estimate of drug-likeness (QED) is 0.412. The molecule has 0 N–H and O–H groups in total. The minimum atomic E-state index is -0.466. The van der Waals surface area contributed by atoms with Crippen molar-refractivity contribution < 1.29 is 4.92 Å². The second-order valence-electron chi connectivity index (χ2n) is 5.74. The first kappa shape index (κ1) is 16.4. The number of hydrogen-bond donors (Lipinski definition) is 0. The van der Waals surface area contributed by atoms with Crippen LogP contribution in [0.25, 0.3) is 23.5 Å². The maximum atomic E-state index is 12.6. The van der Waals surface area contributed by atoms with E-state index in [-0.39, 0.29) is 11.2 Å². The van der Waals surface area contributed by atoms with Crippen molar-refractivity contribution >= 4 is 23.5 Å². The number of nitrogens with zero attached hydrogens (tertiary/aromatic N) is 5. The van der Waals surface area contributed by atoms with Gasteiger partial charge in [-0.3, -0.25) is 24.6 Å². The molecular formula is C19H13N5O3. The summed E-state index contributed by atoms with van der Waals surface area (Å²) in [6, 6.07) is 12.8. The predicted molar refractivity (Wildman–Crippen MR) is 101 cm³/mol. The summed E-state index contributed by atoms with van der Waals surface area (Å²) in [5.41, 5.74) is 2.27. The molecule has 0 amide bonds. The molecule has 4 rings (SSSR count). The van der Waals surface area contributed by atoms with Gasteiger partial charge in [0.1, 0.15) is 0 Å². The Labute approximate surface area is 152 Å². The van der Waals surface area contributed by atoms with Crippen LogP contribution in [0.1, 0.15) is 11.3 Å². The third-order valence-corrected chi connectivity index (χ3v) is 3.98. The molecule has 4 aromatic rings. The monoisotopic (exact) mass is 359 g/mol. The molecule has 0 atom stereocenters. The highest BCUT2D eigenvalue weighted by Crippen LogP contribution is 2.16. The van der Waals surface area contributed by atoms with E-state index >= 15 is 0 Å². The Bertz CT molecular complexity index is 1210. The van der Waals surface area contributed by atoms with Gasteiger partial charge in [0.05, 0.1) is 16.3 Å². The first-order valence-electron chi connectivity index (χ1n) is 8.06. The molecular weight excluding hydrogens is 346 g/mol. The Balaban J connectivity index is 1.72. The average Bonchev–Trinajstić information content (AvgIpc) is 3.12. The predicted octanol–water partition coefficient (Wildman–Crippen LogP) is 2.96. The number of aromatic nitrogens is 4. The van der Waals surface area contributed by atoms with Gasteiger partial charge in [0.2, 0.25) is 0 Å². The van der Waals surface area contributed by atoms with E-state index in [1.165, 1.54) is 22.7 Å². The van der Waals surface area contributed by atoms with E-state index < -0.39 is 4.92 Å². The fraction of sp³-hybridized carbons (Fsp3) is 0. The number of rotatable bonds is 4. The SMILES string of the molecule is O=c1cc(/C=C/c2cccnc2)nc2ccn(-c3ccc([N+](=O)[O-])cc3)n12. The normalized spacial score (nSPS) is 11.3. The summed E-state index contributed by atoms with van der Waals surface area (Å²) in [4.78, 5) is 31.4. The van der Waals surface area contributed by atoms with Crippen molar-refractivity contribution in [3.63, 3.8) is 0 Å². The zero-order valence-electron chi connectivity index (χ0n) is 14.0. The molecule has 0 unspecified atom stereocenters. The number of nitro groups is 1. The van der Waals surface area contributed by atoms with Crippen LogP contribution in [0.2, 0.25) is 0 Å². The molecule has 3 heterocycles. The zero-order valence-corrected chi connectivity index (χ0v) is 14.0. The average molecular weight is 359 g/mol. The van der Waals surface area contributed by atoms with E-state index in [4.69, 9.17) is 0 Å². The molecule has 0 saturated heterocycles. The highest BCUT2D eigenvalue weighted by molar-refractivity contribution is 5.68. The molecule has 132 valence electrons. The van der Waals surface area contributed by atoms with Gasteiger partial charge in [0.25, 0.3) is 11.2 Å². The lowest BCUT2D eigenvalue weighted by molar-refractivity contribution is -0.384. The Kier molecular flexibility index (Phi) is 4.06. The number of nitro benzene ring substituents is 1. The summed E-state index contributed by atoms with van der Waals surface area (Å²) in [5, 5.41) is 10.8. The molecule has 0 saturated carbocycles. The van der Waals surface area contributed by atoms with Crippen LogP contribution in [0.15, 0.2) is 71.9 Å². The van der Waals surface area contributed by atoms with Crippen LogP contribution >= 0.6 is 0 Å². The van der Waals surface area contributed by atoms with Crippen LogP contribution in [0, 0.1) is 10.1 Å². The summed E-state index contributed by atoms with van der Waals surface area (Å²) < 4.78 is 3.01. The third-order valence-electron chi connectivity index (χ3n) is 3.98. The second-order valence-corrected chi connectivity index (χ2v) is 5.74. The lowest BCUT2D eigenvalue weighted by Crippen LogP contribution is -2.19. The minimum Gasteiger partial charge on any atom is -0.267 e. The van der Waals surface area contributed by atoms with E-state index in [0.29, 0.717) is 17.0 Å². The molecule has 8 nitrogen and oxygen atoms in total. The van der Waals surface area contributed by atoms with Crippen molar-refractivity contribution in [3.8, 4) is 5.69 Å². The highest BCUT2D eigenvalue weighted by atomic mass is 16.6. The summed E-state index contributed by atoms with van der Waals surface area (Å²) in [6.07, 6.45) is 8.68. The maximum Gasteiger partial charge on any atom is 0.273 e. The molecule has 1 aromatic carbocycles. The Morgan fingerprint density at radius 2 is 1.89 bits per heavy atom. The molecule has 0 aliphatic heterocycles. The van der Waals surface area contributed by atoms with Crippen molar-refractivity contribution in [1.82, 2.24) is 19.2 Å². The van der Waals surface area contributed by atoms with Gasteiger partial charge in [-0.2, -0.15) is 4.52 Å². The van der Waals surface area contributed by atoms with Crippen molar-refractivity contribution in [3.05, 3.63) is 98.8 Å². The van der Waals surface area contributed by atoms with E-state index in [1.54, 1.807) is 47.5 Å². The van der Waals surface area contributed by atoms with Crippen LogP contribution in [-0.2, 0) is 0 Å². The number of non-ortho nitro benzene ring substituents is 1. The van der Waals surface area contributed by atoms with Gasteiger partial charge in [-0.25, -0.2) is 4.98 Å². The first-order valence-corrected chi connectivity index (χ1v) is 8.06. The van der Waals surface area contributed by atoms with Crippen LogP contribution in [-0.4, -0.2) is 24.1 Å². The number of fused-ring (bicyclic) bond motifs is 1. The molecule has 0 aliphatic rings. The van der Waals surface area contributed by atoms with Gasteiger partial charge in [-0.1, -0.05) is 12.1 Å². The molecule has 0 fully saturated rings. The van der Waals surface area contributed by atoms with Crippen LogP contribution in [0.4, 0.5) is 5.69 Å². The maximum absolute atomic E-state index is 12.6. The van der Waals surface area contributed by atoms with Gasteiger partial charge in [-0.15, -0.1) is 0 Å². The van der Waals surface area contributed by atoms with E-state index in [2.05, 4.69) is 9.97 Å². The summed E-state index contributed by atoms with van der Waals surface area (Å²) in [5.74, 6) is 0. The second kappa shape index (κ2) is 6.68. The van der Waals surface area contributed by atoms with Gasteiger partial charge in [0.15, 0.2) is 5.65 Å². The molecule has 0 bridgehead atoms. The topological polar surface area (TPSA) is 95.3 Å². The van der Waals surface area contributed by atoms with Crippen LogP contribution in [0.5, 0.6) is 0 Å². The Morgan fingerprint density at radius 3 is 2.59 bits per heavy atom. The van der Waals surface area contributed by atoms with Crippen molar-refractivity contribution in [2.75, 3.05) is 0 Å². The first-order chi connectivity index (χ1) is 13.1. The van der Waals surface area contributed by atoms with Gasteiger partial charge < -0.3 is 0 Å². The smallest absolute Gasteiger partial charge is 0.267 e. The molecule has 0 aliphatic carbocycles. The number of pyridine rings is 1. The van der Waals surface area contributed by atoms with Crippen molar-refractivity contribution in [2.24, 2.45) is 0 Å². The zero-order chi connectivity index (χ0) is 18.8.